The first kappa shape index (κ1) is 18.9. The number of hydrogen-bond donors (Lipinski definition) is 2. The molecule has 2 atom stereocenters. The van der Waals surface area contributed by atoms with Gasteiger partial charge in [0, 0.05) is 24.5 Å². The van der Waals surface area contributed by atoms with Crippen molar-refractivity contribution < 1.29 is 4.79 Å². The molecule has 0 unspecified atom stereocenters. The Morgan fingerprint density at radius 3 is 3.20 bits per heavy atom. The summed E-state index contributed by atoms with van der Waals surface area (Å²) in [7, 11) is 0. The van der Waals surface area contributed by atoms with E-state index in [9.17, 15) is 4.79 Å². The lowest BCUT2D eigenvalue weighted by atomic mass is 9.67. The Hall–Kier alpha value is -0.880. The van der Waals surface area contributed by atoms with E-state index in [0.717, 1.165) is 41.2 Å². The fourth-order valence-electron chi connectivity index (χ4n) is 4.20. The van der Waals surface area contributed by atoms with Crippen molar-refractivity contribution in [3.8, 4) is 0 Å². The molecule has 0 bridgehead atoms. The average Bonchev–Trinajstić information content (AvgIpc) is 3.18. The molecule has 136 valence electrons. The number of rotatable bonds is 4. The van der Waals surface area contributed by atoms with Gasteiger partial charge in [-0.1, -0.05) is 24.4 Å². The third kappa shape index (κ3) is 3.65. The molecule has 1 saturated heterocycles. The maximum absolute atomic E-state index is 12.8. The summed E-state index contributed by atoms with van der Waals surface area (Å²) in [5.74, 6) is 0.747. The van der Waals surface area contributed by atoms with E-state index in [4.69, 9.17) is 11.6 Å². The molecule has 1 aliphatic heterocycles. The van der Waals surface area contributed by atoms with Gasteiger partial charge in [-0.15, -0.1) is 23.7 Å². The van der Waals surface area contributed by atoms with E-state index in [1.807, 2.05) is 18.2 Å². The largest absolute Gasteiger partial charge is 0.355 e. The van der Waals surface area contributed by atoms with Crippen LogP contribution in [0.2, 0.25) is 5.02 Å². The minimum atomic E-state index is -0.167. The first-order valence-electron chi connectivity index (χ1n) is 8.71. The lowest BCUT2D eigenvalue weighted by molar-refractivity contribution is -0.133. The summed E-state index contributed by atoms with van der Waals surface area (Å²) in [6.45, 7) is 2.48. The van der Waals surface area contributed by atoms with Gasteiger partial charge in [0.2, 0.25) is 5.91 Å². The van der Waals surface area contributed by atoms with E-state index < -0.39 is 0 Å². The van der Waals surface area contributed by atoms with E-state index in [0.29, 0.717) is 17.5 Å². The smallest absolute Gasteiger partial charge is 0.227 e. The quantitative estimate of drug-likeness (QED) is 0.821. The Morgan fingerprint density at radius 1 is 1.44 bits per heavy atom. The number of thiazole rings is 1. The van der Waals surface area contributed by atoms with Gasteiger partial charge < -0.3 is 10.6 Å². The van der Waals surface area contributed by atoms with Crippen molar-refractivity contribution in [3.63, 3.8) is 0 Å². The molecule has 2 N–H and O–H groups in total. The lowest BCUT2D eigenvalue weighted by Crippen LogP contribution is -2.48. The zero-order valence-corrected chi connectivity index (χ0v) is 16.4. The van der Waals surface area contributed by atoms with Crippen molar-refractivity contribution in [2.24, 2.45) is 11.3 Å². The van der Waals surface area contributed by atoms with Crippen LogP contribution in [0.15, 0.2) is 18.2 Å². The molecule has 4 nitrogen and oxygen atoms in total. The van der Waals surface area contributed by atoms with Gasteiger partial charge in [0.25, 0.3) is 0 Å². The van der Waals surface area contributed by atoms with Gasteiger partial charge in [0.1, 0.15) is 0 Å². The van der Waals surface area contributed by atoms with Crippen LogP contribution in [0.1, 0.15) is 30.7 Å². The highest BCUT2D eigenvalue weighted by atomic mass is 35.5. The Kier molecular flexibility index (Phi) is 5.88. The second-order valence-corrected chi connectivity index (χ2v) is 8.51. The Morgan fingerprint density at radius 2 is 2.32 bits per heavy atom. The van der Waals surface area contributed by atoms with Gasteiger partial charge in [0.15, 0.2) is 0 Å². The van der Waals surface area contributed by atoms with Crippen LogP contribution in [0.3, 0.4) is 0 Å². The molecule has 4 rings (SSSR count). The second kappa shape index (κ2) is 7.78. The SMILES string of the molecule is Cl.O=C(NCCc1nc2cc(Cl)ccc2s1)[C@@]12CCCC[C@H]1CNC2. The Labute approximate surface area is 163 Å². The first-order valence-corrected chi connectivity index (χ1v) is 9.91. The third-order valence-electron chi connectivity index (χ3n) is 5.51. The van der Waals surface area contributed by atoms with Gasteiger partial charge in [-0.25, -0.2) is 4.98 Å². The summed E-state index contributed by atoms with van der Waals surface area (Å²) >= 11 is 7.69. The van der Waals surface area contributed by atoms with E-state index >= 15 is 0 Å². The van der Waals surface area contributed by atoms with Gasteiger partial charge >= 0.3 is 0 Å². The van der Waals surface area contributed by atoms with Crippen LogP contribution < -0.4 is 10.6 Å². The molecule has 2 aromatic rings. The van der Waals surface area contributed by atoms with E-state index in [1.165, 1.54) is 19.3 Å². The zero-order chi connectivity index (χ0) is 16.6. The van der Waals surface area contributed by atoms with Gasteiger partial charge in [0.05, 0.1) is 20.6 Å². The van der Waals surface area contributed by atoms with Crippen molar-refractivity contribution in [1.29, 1.82) is 0 Å². The first-order chi connectivity index (χ1) is 11.7. The molecule has 1 aliphatic carbocycles. The number of benzene rings is 1. The predicted octanol–water partition coefficient (Wildman–Crippen LogP) is 3.81. The normalized spacial score (nSPS) is 25.4. The van der Waals surface area contributed by atoms with Gasteiger partial charge in [-0.05, 0) is 43.5 Å². The highest BCUT2D eigenvalue weighted by Crippen LogP contribution is 2.43. The summed E-state index contributed by atoms with van der Waals surface area (Å²) in [4.78, 5) is 17.4. The fraction of sp³-hybridized carbons (Fsp3) is 0.556. The highest BCUT2D eigenvalue weighted by molar-refractivity contribution is 7.18. The minimum Gasteiger partial charge on any atom is -0.355 e. The highest BCUT2D eigenvalue weighted by Gasteiger charge is 2.49. The van der Waals surface area contributed by atoms with Crippen LogP contribution >= 0.6 is 35.3 Å². The summed E-state index contributed by atoms with van der Waals surface area (Å²) in [5, 5.41) is 8.38. The third-order valence-corrected chi connectivity index (χ3v) is 6.84. The molecule has 0 spiro atoms. The Bertz CT molecular complexity index is 766. The molecule has 1 saturated carbocycles. The summed E-state index contributed by atoms with van der Waals surface area (Å²) in [6, 6.07) is 5.79. The molecule has 2 heterocycles. The summed E-state index contributed by atoms with van der Waals surface area (Å²) in [6.07, 6.45) is 5.41. The zero-order valence-electron chi connectivity index (χ0n) is 14.0. The standard InChI is InChI=1S/C18H22ClN3OS.ClH/c19-13-4-5-15-14(9-13)22-16(24-15)6-8-21-17(23)18-7-2-1-3-12(18)10-20-11-18;/h4-5,9,12,20H,1-3,6-8,10-11H2,(H,21,23);1H/t12-,18+;/m0./s1. The number of halogens is 2. The predicted molar refractivity (Wildman–Crippen MR) is 106 cm³/mol. The van der Waals surface area contributed by atoms with Crippen molar-refractivity contribution in [1.82, 2.24) is 15.6 Å². The maximum Gasteiger partial charge on any atom is 0.227 e. The van der Waals surface area contributed by atoms with Crippen LogP contribution in [-0.2, 0) is 11.2 Å². The minimum absolute atomic E-state index is 0. The molecule has 1 aromatic carbocycles. The molecule has 2 fully saturated rings. The average molecular weight is 400 g/mol. The van der Waals surface area contributed by atoms with Gasteiger partial charge in [-0.2, -0.15) is 0 Å². The van der Waals surface area contributed by atoms with Crippen molar-refractivity contribution in [2.45, 2.75) is 32.1 Å². The number of carbonyl (C=O) groups is 1. The van der Waals surface area contributed by atoms with E-state index in [2.05, 4.69) is 15.6 Å². The van der Waals surface area contributed by atoms with E-state index in [1.54, 1.807) is 11.3 Å². The van der Waals surface area contributed by atoms with Crippen LogP contribution in [0.5, 0.6) is 0 Å². The molecule has 1 amide bonds. The topological polar surface area (TPSA) is 54.0 Å². The number of fused-ring (bicyclic) bond motifs is 2. The lowest BCUT2D eigenvalue weighted by Gasteiger charge is -2.37. The molecule has 0 radical (unpaired) electrons. The van der Waals surface area contributed by atoms with Crippen LogP contribution in [-0.4, -0.2) is 30.5 Å². The van der Waals surface area contributed by atoms with Crippen LogP contribution in [0.4, 0.5) is 0 Å². The fourth-order valence-corrected chi connectivity index (χ4v) is 5.32. The molecular formula is C18H23Cl2N3OS. The second-order valence-electron chi connectivity index (χ2n) is 6.96. The summed E-state index contributed by atoms with van der Waals surface area (Å²) in [5.41, 5.74) is 0.777. The van der Waals surface area contributed by atoms with Gasteiger partial charge in [-0.3, -0.25) is 4.79 Å². The number of carbonyl (C=O) groups excluding carboxylic acids is 1. The van der Waals surface area contributed by atoms with Crippen LogP contribution in [0, 0.1) is 11.3 Å². The van der Waals surface area contributed by atoms with Crippen molar-refractivity contribution >= 4 is 51.5 Å². The van der Waals surface area contributed by atoms with E-state index in [-0.39, 0.29) is 23.7 Å². The maximum atomic E-state index is 12.8. The van der Waals surface area contributed by atoms with Crippen LogP contribution in [0.25, 0.3) is 10.2 Å². The number of hydrogen-bond acceptors (Lipinski definition) is 4. The molecule has 7 heteroatoms. The van der Waals surface area contributed by atoms with Crippen molar-refractivity contribution in [2.75, 3.05) is 19.6 Å². The number of aromatic nitrogens is 1. The Balaban J connectivity index is 0.00000182. The molecule has 1 aromatic heterocycles. The molecule has 2 aliphatic rings. The summed E-state index contributed by atoms with van der Waals surface area (Å²) < 4.78 is 1.15. The van der Waals surface area contributed by atoms with Crippen molar-refractivity contribution in [3.05, 3.63) is 28.2 Å². The molecule has 25 heavy (non-hydrogen) atoms. The monoisotopic (exact) mass is 399 g/mol. The number of amides is 1. The molecular weight excluding hydrogens is 377 g/mol. The number of nitrogens with one attached hydrogen (secondary N) is 2. The number of nitrogens with zero attached hydrogens (tertiary/aromatic N) is 1.